The minimum absolute atomic E-state index is 0.0872. The Bertz CT molecular complexity index is 568. The van der Waals surface area contributed by atoms with Gasteiger partial charge in [-0.15, -0.1) is 0 Å². The van der Waals surface area contributed by atoms with Crippen molar-refractivity contribution in [1.29, 1.82) is 0 Å². The molecule has 0 saturated carbocycles. The number of hydrogen-bond acceptors (Lipinski definition) is 4. The topological polar surface area (TPSA) is 53.7 Å². The van der Waals surface area contributed by atoms with Gasteiger partial charge in [0.15, 0.2) is 5.79 Å². The van der Waals surface area contributed by atoms with Crippen molar-refractivity contribution in [3.05, 3.63) is 23.8 Å². The van der Waals surface area contributed by atoms with Gasteiger partial charge in [0.05, 0.1) is 19.3 Å². The fourth-order valence-electron chi connectivity index (χ4n) is 5.55. The summed E-state index contributed by atoms with van der Waals surface area (Å²) >= 11 is 0. The van der Waals surface area contributed by atoms with E-state index in [9.17, 15) is 0 Å². The second-order valence-electron chi connectivity index (χ2n) is 11.1. The number of ether oxygens (including phenoxy) is 2. The normalized spacial score (nSPS) is 18.9. The molecule has 194 valence electrons. The van der Waals surface area contributed by atoms with Gasteiger partial charge in [-0.2, -0.15) is 0 Å². The molecule has 0 bridgehead atoms. The van der Waals surface area contributed by atoms with Gasteiger partial charge in [-0.05, 0) is 62.6 Å². The van der Waals surface area contributed by atoms with Crippen molar-refractivity contribution < 1.29 is 13.9 Å². The second-order valence-corrected chi connectivity index (χ2v) is 16.5. The molecule has 5 heteroatoms. The fourth-order valence-corrected chi connectivity index (χ4v) is 11.1. The molecule has 0 aromatic heterocycles. The summed E-state index contributed by atoms with van der Waals surface area (Å²) in [5.74, 6) is -0.540. The van der Waals surface area contributed by atoms with Gasteiger partial charge in [0.25, 0.3) is 0 Å². The third kappa shape index (κ3) is 9.60. The van der Waals surface area contributed by atoms with E-state index >= 15 is 0 Å². The van der Waals surface area contributed by atoms with E-state index in [1.165, 1.54) is 5.57 Å². The molecule has 0 spiro atoms. The molecule has 33 heavy (non-hydrogen) atoms. The van der Waals surface area contributed by atoms with Crippen LogP contribution in [0.3, 0.4) is 0 Å². The highest BCUT2D eigenvalue weighted by atomic mass is 28.4. The van der Waals surface area contributed by atoms with Crippen LogP contribution in [0.1, 0.15) is 107 Å². The lowest BCUT2D eigenvalue weighted by molar-refractivity contribution is -0.274. The Kier molecular flexibility index (Phi) is 13.7. The van der Waals surface area contributed by atoms with Crippen LogP contribution >= 0.6 is 0 Å². The van der Waals surface area contributed by atoms with E-state index in [0.29, 0.717) is 16.6 Å². The lowest BCUT2D eigenvalue weighted by atomic mass is 9.97. The predicted molar refractivity (Wildman–Crippen MR) is 145 cm³/mol. The summed E-state index contributed by atoms with van der Waals surface area (Å²) in [7, 11) is -1.88. The first-order valence-corrected chi connectivity index (χ1v) is 15.6. The van der Waals surface area contributed by atoms with Gasteiger partial charge in [-0.25, -0.2) is 0 Å². The van der Waals surface area contributed by atoms with Crippen LogP contribution in [0.25, 0.3) is 0 Å². The van der Waals surface area contributed by atoms with Crippen LogP contribution in [-0.4, -0.2) is 39.5 Å². The van der Waals surface area contributed by atoms with E-state index in [0.717, 1.165) is 58.2 Å². The van der Waals surface area contributed by atoms with Gasteiger partial charge in [-0.1, -0.05) is 72.3 Å². The minimum Gasteiger partial charge on any atom is -0.410 e. The lowest BCUT2D eigenvalue weighted by Crippen LogP contribution is -2.49. The maximum Gasteiger partial charge on any atom is 0.201 e. The van der Waals surface area contributed by atoms with Crippen LogP contribution < -0.4 is 5.73 Å². The first-order chi connectivity index (χ1) is 15.5. The van der Waals surface area contributed by atoms with Gasteiger partial charge in [0, 0.05) is 18.9 Å². The van der Waals surface area contributed by atoms with E-state index in [2.05, 4.69) is 80.5 Å². The number of nitrogens with two attached hydrogens (primary N) is 1. The molecule has 1 aliphatic rings. The highest BCUT2D eigenvalue weighted by molar-refractivity contribution is 6.77. The number of hydrogen-bond donors (Lipinski definition) is 1. The Labute approximate surface area is 206 Å². The van der Waals surface area contributed by atoms with Crippen molar-refractivity contribution in [1.82, 2.24) is 0 Å². The Morgan fingerprint density at radius 2 is 1.58 bits per heavy atom. The molecule has 1 aliphatic heterocycles. The van der Waals surface area contributed by atoms with E-state index < -0.39 is 14.1 Å². The minimum atomic E-state index is -1.88. The van der Waals surface area contributed by atoms with E-state index in [4.69, 9.17) is 19.6 Å². The molecule has 4 nitrogen and oxygen atoms in total. The first-order valence-electron chi connectivity index (χ1n) is 13.5. The first kappa shape index (κ1) is 30.6. The van der Waals surface area contributed by atoms with Crippen molar-refractivity contribution in [3.63, 3.8) is 0 Å². The van der Waals surface area contributed by atoms with Gasteiger partial charge in [-0.3, -0.25) is 0 Å². The quantitative estimate of drug-likeness (QED) is 0.191. The highest BCUT2D eigenvalue weighted by Gasteiger charge is 2.46. The van der Waals surface area contributed by atoms with Crippen molar-refractivity contribution in [3.8, 4) is 0 Å². The molecule has 1 saturated heterocycles. The van der Waals surface area contributed by atoms with Gasteiger partial charge in [0.1, 0.15) is 0 Å². The van der Waals surface area contributed by atoms with Crippen LogP contribution in [0.5, 0.6) is 0 Å². The molecule has 0 unspecified atom stereocenters. The molecule has 0 amide bonds. The Morgan fingerprint density at radius 1 is 1.00 bits per heavy atom. The summed E-state index contributed by atoms with van der Waals surface area (Å²) in [4.78, 5) is 0. The molecule has 0 aliphatic carbocycles. The van der Waals surface area contributed by atoms with Crippen LogP contribution in [0.4, 0.5) is 0 Å². The highest BCUT2D eigenvalue weighted by Crippen LogP contribution is 2.43. The standard InChI is InChI=1S/C28H55NO3Si/c1-10-27(32-33(23(4)5,24(6)7)25(8)9)17-11-12-18-28(30-19-14-20-31-28)21-26(29)16-13-15-22(2)3/h11,15,17,23-27H,10,12-14,16,18-21,29H2,1-9H3/b17-11-/t26-,27+/m1/s1. The molecular formula is C28H55NO3Si. The molecule has 1 rings (SSSR count). The van der Waals surface area contributed by atoms with Crippen molar-refractivity contribution >= 4 is 8.32 Å². The lowest BCUT2D eigenvalue weighted by Gasteiger charge is -2.44. The summed E-state index contributed by atoms with van der Waals surface area (Å²) in [5, 5.41) is 0. The van der Waals surface area contributed by atoms with Crippen molar-refractivity contribution in [2.24, 2.45) is 5.73 Å². The zero-order valence-corrected chi connectivity index (χ0v) is 24.3. The molecule has 2 atom stereocenters. The number of allylic oxidation sites excluding steroid dienone is 3. The predicted octanol–water partition coefficient (Wildman–Crippen LogP) is 7.89. The SMILES string of the molecule is CC[C@@H](/C=C\CCC1(C[C@H](N)CCC=C(C)C)OCCCO1)O[Si](C(C)C)(C(C)C)C(C)C. The van der Waals surface area contributed by atoms with Crippen LogP contribution in [-0.2, 0) is 13.9 Å². The smallest absolute Gasteiger partial charge is 0.201 e. The van der Waals surface area contributed by atoms with Gasteiger partial charge < -0.3 is 19.6 Å². The molecule has 1 heterocycles. The fraction of sp³-hybridized carbons (Fsp3) is 0.857. The zero-order valence-electron chi connectivity index (χ0n) is 23.3. The monoisotopic (exact) mass is 481 g/mol. The van der Waals surface area contributed by atoms with E-state index in [1.807, 2.05) is 0 Å². The summed E-state index contributed by atoms with van der Waals surface area (Å²) in [6.45, 7) is 22.1. The third-order valence-electron chi connectivity index (χ3n) is 7.19. The second kappa shape index (κ2) is 14.8. The molecule has 0 aromatic rings. The average molecular weight is 482 g/mol. The summed E-state index contributed by atoms with van der Waals surface area (Å²) in [6, 6.07) is 0.0872. The largest absolute Gasteiger partial charge is 0.410 e. The Hall–Kier alpha value is -0.463. The Balaban J connectivity index is 2.77. The summed E-state index contributed by atoms with van der Waals surface area (Å²) in [6.07, 6.45) is 13.5. The zero-order chi connectivity index (χ0) is 25.1. The van der Waals surface area contributed by atoms with E-state index in [-0.39, 0.29) is 12.1 Å². The van der Waals surface area contributed by atoms with Gasteiger partial charge in [0.2, 0.25) is 8.32 Å². The van der Waals surface area contributed by atoms with Crippen LogP contribution in [0, 0.1) is 0 Å². The maximum absolute atomic E-state index is 6.98. The molecule has 0 radical (unpaired) electrons. The summed E-state index contributed by atoms with van der Waals surface area (Å²) < 4.78 is 19.4. The molecule has 1 fully saturated rings. The van der Waals surface area contributed by atoms with Crippen LogP contribution in [0.2, 0.25) is 16.6 Å². The molecular weight excluding hydrogens is 426 g/mol. The number of rotatable bonds is 15. The summed E-state index contributed by atoms with van der Waals surface area (Å²) in [5.41, 5.74) is 9.62. The Morgan fingerprint density at radius 3 is 2.06 bits per heavy atom. The molecule has 0 aromatic carbocycles. The average Bonchev–Trinajstić information content (AvgIpc) is 2.72. The maximum atomic E-state index is 6.98. The van der Waals surface area contributed by atoms with E-state index in [1.54, 1.807) is 0 Å². The van der Waals surface area contributed by atoms with Crippen molar-refractivity contribution in [2.75, 3.05) is 13.2 Å². The van der Waals surface area contributed by atoms with Crippen LogP contribution in [0.15, 0.2) is 23.8 Å². The van der Waals surface area contributed by atoms with Crippen molar-refractivity contribution in [2.45, 2.75) is 142 Å². The van der Waals surface area contributed by atoms with Gasteiger partial charge >= 0.3 is 0 Å². The molecule has 2 N–H and O–H groups in total. The third-order valence-corrected chi connectivity index (χ3v) is 13.3.